The van der Waals surface area contributed by atoms with E-state index in [0.717, 1.165) is 19.6 Å². The number of nitrogens with zero attached hydrogens (tertiary/aromatic N) is 2. The predicted molar refractivity (Wildman–Crippen MR) is 40.4 cm³/mol. The molecule has 1 saturated heterocycles. The molecular formula is C7H11N3O2. The van der Waals surface area contributed by atoms with Gasteiger partial charge >= 0.3 is 0 Å². The van der Waals surface area contributed by atoms with Gasteiger partial charge in [0.05, 0.1) is 13.2 Å². The number of rotatable bonds is 3. The molecule has 0 amide bonds. The lowest BCUT2D eigenvalue weighted by Gasteiger charge is -2.06. The van der Waals surface area contributed by atoms with E-state index in [0.29, 0.717) is 18.4 Å². The summed E-state index contributed by atoms with van der Waals surface area (Å²) < 4.78 is 9.80. The highest BCUT2D eigenvalue weighted by molar-refractivity contribution is 4.80. The van der Waals surface area contributed by atoms with Crippen molar-refractivity contribution in [2.24, 2.45) is 0 Å². The van der Waals surface area contributed by atoms with Crippen molar-refractivity contribution in [2.45, 2.75) is 19.0 Å². The van der Waals surface area contributed by atoms with Gasteiger partial charge in [0, 0.05) is 12.6 Å². The normalized spacial score (nSPS) is 23.2. The van der Waals surface area contributed by atoms with E-state index in [1.165, 1.54) is 6.39 Å². The van der Waals surface area contributed by atoms with E-state index < -0.39 is 0 Å². The van der Waals surface area contributed by atoms with E-state index in [-0.39, 0.29) is 0 Å². The number of aromatic nitrogens is 2. The smallest absolute Gasteiger partial charge is 0.213 e. The topological polar surface area (TPSA) is 60.2 Å². The molecule has 12 heavy (non-hydrogen) atoms. The van der Waals surface area contributed by atoms with Gasteiger partial charge in [0.25, 0.3) is 0 Å². The Morgan fingerprint density at radius 3 is 3.33 bits per heavy atom. The fourth-order valence-corrected chi connectivity index (χ4v) is 1.20. The van der Waals surface area contributed by atoms with Crippen molar-refractivity contribution in [3.63, 3.8) is 0 Å². The SMILES string of the molecule is c1nc(CNC2CCOC2)no1. The minimum Gasteiger partial charge on any atom is -0.380 e. The molecule has 1 N–H and O–H groups in total. The Kier molecular flexibility index (Phi) is 2.33. The van der Waals surface area contributed by atoms with Crippen molar-refractivity contribution in [3.8, 4) is 0 Å². The zero-order valence-corrected chi connectivity index (χ0v) is 6.69. The fraction of sp³-hybridized carbons (Fsp3) is 0.714. The first-order chi connectivity index (χ1) is 5.95. The van der Waals surface area contributed by atoms with Gasteiger partial charge in [-0.2, -0.15) is 4.98 Å². The van der Waals surface area contributed by atoms with Crippen LogP contribution in [0.25, 0.3) is 0 Å². The molecule has 0 aromatic carbocycles. The van der Waals surface area contributed by atoms with Crippen molar-refractivity contribution in [1.82, 2.24) is 15.5 Å². The standard InChI is InChI=1S/C7H11N3O2/c1-2-11-4-6(1)8-3-7-9-5-12-10-7/h5-6,8H,1-4H2. The van der Waals surface area contributed by atoms with Gasteiger partial charge in [-0.25, -0.2) is 0 Å². The van der Waals surface area contributed by atoms with Crippen LogP contribution in [0.3, 0.4) is 0 Å². The highest BCUT2D eigenvalue weighted by Crippen LogP contribution is 2.03. The van der Waals surface area contributed by atoms with Gasteiger partial charge in [-0.15, -0.1) is 0 Å². The summed E-state index contributed by atoms with van der Waals surface area (Å²) in [5.74, 6) is 0.696. The van der Waals surface area contributed by atoms with E-state index in [1.54, 1.807) is 0 Å². The molecule has 1 unspecified atom stereocenters. The Bertz CT molecular complexity index is 219. The quantitative estimate of drug-likeness (QED) is 0.687. The second kappa shape index (κ2) is 3.64. The Hall–Kier alpha value is -0.940. The second-order valence-corrected chi connectivity index (χ2v) is 2.79. The lowest BCUT2D eigenvalue weighted by Crippen LogP contribution is -2.28. The zero-order chi connectivity index (χ0) is 8.23. The number of hydrogen-bond donors (Lipinski definition) is 1. The summed E-state index contributed by atoms with van der Waals surface area (Å²) in [6.45, 7) is 2.30. The Morgan fingerprint density at radius 1 is 1.67 bits per heavy atom. The molecule has 2 rings (SSSR count). The monoisotopic (exact) mass is 169 g/mol. The molecule has 0 aliphatic carbocycles. The van der Waals surface area contributed by atoms with Gasteiger partial charge < -0.3 is 14.6 Å². The van der Waals surface area contributed by atoms with Crippen molar-refractivity contribution in [3.05, 3.63) is 12.2 Å². The maximum absolute atomic E-state index is 5.20. The van der Waals surface area contributed by atoms with Crippen molar-refractivity contribution < 1.29 is 9.26 Å². The van der Waals surface area contributed by atoms with Crippen molar-refractivity contribution >= 4 is 0 Å². The molecule has 5 heteroatoms. The highest BCUT2D eigenvalue weighted by Gasteiger charge is 2.14. The molecule has 0 radical (unpaired) electrons. The molecule has 1 atom stereocenters. The van der Waals surface area contributed by atoms with Crippen LogP contribution in [0.15, 0.2) is 10.9 Å². The summed E-state index contributed by atoms with van der Waals surface area (Å²) >= 11 is 0. The number of nitrogens with one attached hydrogen (secondary N) is 1. The molecule has 1 aliphatic rings. The van der Waals surface area contributed by atoms with Gasteiger partial charge in [0.2, 0.25) is 6.39 Å². The van der Waals surface area contributed by atoms with Crippen LogP contribution in [0, 0.1) is 0 Å². The average molecular weight is 169 g/mol. The van der Waals surface area contributed by atoms with Gasteiger partial charge in [-0.3, -0.25) is 0 Å². The van der Waals surface area contributed by atoms with Crippen LogP contribution in [0.1, 0.15) is 12.2 Å². The zero-order valence-electron chi connectivity index (χ0n) is 6.69. The lowest BCUT2D eigenvalue weighted by atomic mass is 10.2. The third-order valence-corrected chi connectivity index (χ3v) is 1.89. The lowest BCUT2D eigenvalue weighted by molar-refractivity contribution is 0.189. The molecule has 0 saturated carbocycles. The Morgan fingerprint density at radius 2 is 2.67 bits per heavy atom. The second-order valence-electron chi connectivity index (χ2n) is 2.79. The third-order valence-electron chi connectivity index (χ3n) is 1.89. The molecule has 1 aromatic heterocycles. The molecule has 0 spiro atoms. The maximum atomic E-state index is 5.20. The van der Waals surface area contributed by atoms with Gasteiger partial charge in [0.1, 0.15) is 0 Å². The van der Waals surface area contributed by atoms with E-state index in [4.69, 9.17) is 4.74 Å². The average Bonchev–Trinajstić information content (AvgIpc) is 2.74. The predicted octanol–water partition coefficient (Wildman–Crippen LogP) is -0.0519. The summed E-state index contributed by atoms with van der Waals surface area (Å²) in [7, 11) is 0. The van der Waals surface area contributed by atoms with Crippen molar-refractivity contribution in [2.75, 3.05) is 13.2 Å². The minimum absolute atomic E-state index is 0.448. The summed E-state index contributed by atoms with van der Waals surface area (Å²) in [6, 6.07) is 0.448. The Balaban J connectivity index is 1.74. The van der Waals surface area contributed by atoms with E-state index in [1.807, 2.05) is 0 Å². The molecule has 1 aromatic rings. The van der Waals surface area contributed by atoms with Crippen LogP contribution < -0.4 is 5.32 Å². The first-order valence-corrected chi connectivity index (χ1v) is 4.01. The summed E-state index contributed by atoms with van der Waals surface area (Å²) in [5.41, 5.74) is 0. The van der Waals surface area contributed by atoms with E-state index in [9.17, 15) is 0 Å². The number of hydrogen-bond acceptors (Lipinski definition) is 5. The number of ether oxygens (including phenoxy) is 1. The van der Waals surface area contributed by atoms with Crippen LogP contribution in [0.2, 0.25) is 0 Å². The molecule has 1 aliphatic heterocycles. The van der Waals surface area contributed by atoms with Gasteiger partial charge in [0.15, 0.2) is 5.82 Å². The molecule has 1 fully saturated rings. The maximum Gasteiger partial charge on any atom is 0.213 e. The highest BCUT2D eigenvalue weighted by atomic mass is 16.5. The van der Waals surface area contributed by atoms with Crippen LogP contribution in [-0.2, 0) is 11.3 Å². The first kappa shape index (κ1) is 7.70. The van der Waals surface area contributed by atoms with Gasteiger partial charge in [-0.05, 0) is 6.42 Å². The summed E-state index contributed by atoms with van der Waals surface area (Å²) in [6.07, 6.45) is 2.40. The van der Waals surface area contributed by atoms with Crippen molar-refractivity contribution in [1.29, 1.82) is 0 Å². The van der Waals surface area contributed by atoms with Crippen LogP contribution in [0.5, 0.6) is 0 Å². The molecular weight excluding hydrogens is 158 g/mol. The summed E-state index contributed by atoms with van der Waals surface area (Å²) in [4.78, 5) is 3.90. The molecule has 5 nitrogen and oxygen atoms in total. The van der Waals surface area contributed by atoms with Gasteiger partial charge in [-0.1, -0.05) is 5.16 Å². The largest absolute Gasteiger partial charge is 0.380 e. The fourth-order valence-electron chi connectivity index (χ4n) is 1.20. The Labute approximate surface area is 70.1 Å². The summed E-state index contributed by atoms with van der Waals surface area (Å²) in [5, 5.41) is 6.96. The molecule has 66 valence electrons. The van der Waals surface area contributed by atoms with Crippen LogP contribution in [-0.4, -0.2) is 29.4 Å². The molecule has 0 bridgehead atoms. The minimum atomic E-state index is 0.448. The first-order valence-electron chi connectivity index (χ1n) is 4.01. The molecule has 2 heterocycles. The van der Waals surface area contributed by atoms with E-state index >= 15 is 0 Å². The van der Waals surface area contributed by atoms with E-state index in [2.05, 4.69) is 20.0 Å². The van der Waals surface area contributed by atoms with Crippen LogP contribution >= 0.6 is 0 Å². The van der Waals surface area contributed by atoms with Crippen LogP contribution in [0.4, 0.5) is 0 Å². The third kappa shape index (κ3) is 1.80.